The summed E-state index contributed by atoms with van der Waals surface area (Å²) in [6, 6.07) is 16.7. The lowest BCUT2D eigenvalue weighted by Crippen LogP contribution is -2.30. The smallest absolute Gasteiger partial charge is 0.258 e. The van der Waals surface area contributed by atoms with Gasteiger partial charge < -0.3 is 18.8 Å². The normalized spacial score (nSPS) is 12.2. The fourth-order valence-corrected chi connectivity index (χ4v) is 2.75. The summed E-state index contributed by atoms with van der Waals surface area (Å²) < 4.78 is 16.1. The second-order valence-electron chi connectivity index (χ2n) is 5.87. The van der Waals surface area contributed by atoms with Gasteiger partial charge in [0.2, 0.25) is 6.79 Å². The highest BCUT2D eigenvalue weighted by Crippen LogP contribution is 2.33. The van der Waals surface area contributed by atoms with Crippen LogP contribution in [0.1, 0.15) is 21.7 Å². The van der Waals surface area contributed by atoms with Crippen LogP contribution in [0, 0.1) is 6.92 Å². The number of amides is 1. The number of furan rings is 1. The quantitative estimate of drug-likeness (QED) is 0.718. The van der Waals surface area contributed by atoms with E-state index < -0.39 is 0 Å². The number of fused-ring (bicyclic) bond motifs is 1. The molecule has 2 heterocycles. The molecule has 5 heteroatoms. The van der Waals surface area contributed by atoms with Crippen molar-refractivity contribution in [3.63, 3.8) is 0 Å². The molecule has 4 rings (SSSR count). The molecule has 0 spiro atoms. The number of ether oxygens (including phenoxy) is 2. The SMILES string of the molecule is Cc1ccc(N(Cc2ccco2)C(=O)c2ccc3c(c2)OCO3)cc1. The van der Waals surface area contributed by atoms with Crippen LogP contribution in [0.5, 0.6) is 11.5 Å². The van der Waals surface area contributed by atoms with Crippen LogP contribution in [-0.4, -0.2) is 12.7 Å². The van der Waals surface area contributed by atoms with Crippen LogP contribution < -0.4 is 14.4 Å². The summed E-state index contributed by atoms with van der Waals surface area (Å²) in [5.41, 5.74) is 2.48. The van der Waals surface area contributed by atoms with E-state index in [4.69, 9.17) is 13.9 Å². The molecule has 0 fully saturated rings. The van der Waals surface area contributed by atoms with Crippen LogP contribution in [-0.2, 0) is 6.54 Å². The number of carbonyl (C=O) groups is 1. The van der Waals surface area contributed by atoms with Crippen LogP contribution in [0.3, 0.4) is 0 Å². The molecule has 0 unspecified atom stereocenters. The zero-order chi connectivity index (χ0) is 17.2. The summed E-state index contributed by atoms with van der Waals surface area (Å²) in [5, 5.41) is 0. The average Bonchev–Trinajstić information content (AvgIpc) is 3.31. The molecule has 126 valence electrons. The summed E-state index contributed by atoms with van der Waals surface area (Å²) >= 11 is 0. The Morgan fingerprint density at radius 1 is 1.04 bits per heavy atom. The van der Waals surface area contributed by atoms with Crippen molar-refractivity contribution in [2.45, 2.75) is 13.5 Å². The topological polar surface area (TPSA) is 51.9 Å². The van der Waals surface area contributed by atoms with E-state index in [-0.39, 0.29) is 12.7 Å². The molecule has 0 aliphatic carbocycles. The van der Waals surface area contributed by atoms with E-state index in [1.165, 1.54) is 0 Å². The standard InChI is InChI=1S/C20H17NO4/c1-14-4-7-16(8-5-14)21(12-17-3-2-10-23-17)20(22)15-6-9-18-19(11-15)25-13-24-18/h2-11H,12-13H2,1H3. The maximum atomic E-state index is 13.1. The van der Waals surface area contributed by atoms with Gasteiger partial charge in [0.25, 0.3) is 5.91 Å². The van der Waals surface area contributed by atoms with E-state index in [2.05, 4.69) is 0 Å². The third kappa shape index (κ3) is 3.08. The maximum absolute atomic E-state index is 13.1. The van der Waals surface area contributed by atoms with Crippen molar-refractivity contribution in [2.24, 2.45) is 0 Å². The van der Waals surface area contributed by atoms with Crippen LogP contribution in [0.2, 0.25) is 0 Å². The Morgan fingerprint density at radius 2 is 1.84 bits per heavy atom. The van der Waals surface area contributed by atoms with E-state index in [0.29, 0.717) is 23.6 Å². The van der Waals surface area contributed by atoms with Gasteiger partial charge in [-0.2, -0.15) is 0 Å². The first-order valence-corrected chi connectivity index (χ1v) is 8.01. The van der Waals surface area contributed by atoms with E-state index in [1.807, 2.05) is 43.3 Å². The van der Waals surface area contributed by atoms with Crippen LogP contribution in [0.15, 0.2) is 65.3 Å². The largest absolute Gasteiger partial charge is 0.467 e. The highest BCUT2D eigenvalue weighted by molar-refractivity contribution is 6.06. The van der Waals surface area contributed by atoms with Crippen molar-refractivity contribution in [1.82, 2.24) is 0 Å². The monoisotopic (exact) mass is 335 g/mol. The number of aryl methyl sites for hydroxylation is 1. The molecule has 1 aromatic heterocycles. The van der Waals surface area contributed by atoms with Crippen molar-refractivity contribution in [3.05, 3.63) is 77.7 Å². The number of benzene rings is 2. The number of hydrogen-bond donors (Lipinski definition) is 0. The molecule has 0 N–H and O–H groups in total. The summed E-state index contributed by atoms with van der Waals surface area (Å²) in [7, 11) is 0. The molecule has 0 saturated carbocycles. The number of rotatable bonds is 4. The van der Waals surface area contributed by atoms with Gasteiger partial charge in [0.1, 0.15) is 5.76 Å². The number of nitrogens with zero attached hydrogens (tertiary/aromatic N) is 1. The third-order valence-corrected chi connectivity index (χ3v) is 4.10. The Morgan fingerprint density at radius 3 is 2.60 bits per heavy atom. The Kier molecular flexibility index (Phi) is 3.90. The van der Waals surface area contributed by atoms with Gasteiger partial charge in [0.15, 0.2) is 11.5 Å². The van der Waals surface area contributed by atoms with Crippen molar-refractivity contribution < 1.29 is 18.7 Å². The first kappa shape index (κ1) is 15.3. The molecule has 1 amide bonds. The Balaban J connectivity index is 1.69. The number of hydrogen-bond acceptors (Lipinski definition) is 4. The average molecular weight is 335 g/mol. The lowest BCUT2D eigenvalue weighted by atomic mass is 10.1. The van der Waals surface area contributed by atoms with Crippen LogP contribution >= 0.6 is 0 Å². The molecule has 5 nitrogen and oxygen atoms in total. The lowest BCUT2D eigenvalue weighted by molar-refractivity contribution is 0.0983. The molecule has 25 heavy (non-hydrogen) atoms. The minimum Gasteiger partial charge on any atom is -0.467 e. The number of anilines is 1. The first-order chi connectivity index (χ1) is 12.2. The van der Waals surface area contributed by atoms with Crippen molar-refractivity contribution in [1.29, 1.82) is 0 Å². The summed E-state index contributed by atoms with van der Waals surface area (Å²) in [5.74, 6) is 1.84. The molecule has 1 aliphatic heterocycles. The molecule has 0 saturated heterocycles. The second kappa shape index (κ2) is 6.36. The fourth-order valence-electron chi connectivity index (χ4n) is 2.75. The van der Waals surface area contributed by atoms with Gasteiger partial charge in [-0.25, -0.2) is 0 Å². The fraction of sp³-hybridized carbons (Fsp3) is 0.150. The van der Waals surface area contributed by atoms with Crippen LogP contribution in [0.25, 0.3) is 0 Å². The Labute approximate surface area is 145 Å². The Bertz CT molecular complexity index is 885. The van der Waals surface area contributed by atoms with Crippen molar-refractivity contribution in [2.75, 3.05) is 11.7 Å². The van der Waals surface area contributed by atoms with Gasteiger partial charge in [-0.05, 0) is 49.4 Å². The second-order valence-corrected chi connectivity index (χ2v) is 5.87. The summed E-state index contributed by atoms with van der Waals surface area (Å²) in [6.45, 7) is 2.55. The minimum atomic E-state index is -0.126. The van der Waals surface area contributed by atoms with Crippen LogP contribution in [0.4, 0.5) is 5.69 Å². The molecule has 3 aromatic rings. The predicted molar refractivity (Wildman–Crippen MR) is 93.0 cm³/mol. The predicted octanol–water partition coefficient (Wildman–Crippen LogP) is 4.16. The molecular weight excluding hydrogens is 318 g/mol. The lowest BCUT2D eigenvalue weighted by Gasteiger charge is -2.22. The van der Waals surface area contributed by atoms with E-state index in [9.17, 15) is 4.79 Å². The van der Waals surface area contributed by atoms with E-state index >= 15 is 0 Å². The van der Waals surface area contributed by atoms with Crippen molar-refractivity contribution >= 4 is 11.6 Å². The highest BCUT2D eigenvalue weighted by atomic mass is 16.7. The number of carbonyl (C=O) groups excluding carboxylic acids is 1. The maximum Gasteiger partial charge on any atom is 0.258 e. The molecular formula is C20H17NO4. The molecule has 0 bridgehead atoms. The molecule has 2 aromatic carbocycles. The molecule has 0 atom stereocenters. The van der Waals surface area contributed by atoms with E-state index in [0.717, 1.165) is 17.0 Å². The summed E-state index contributed by atoms with van der Waals surface area (Å²) in [6.07, 6.45) is 1.60. The minimum absolute atomic E-state index is 0.126. The Hall–Kier alpha value is -3.21. The van der Waals surface area contributed by atoms with Crippen molar-refractivity contribution in [3.8, 4) is 11.5 Å². The van der Waals surface area contributed by atoms with Gasteiger partial charge in [-0.3, -0.25) is 4.79 Å². The van der Waals surface area contributed by atoms with Gasteiger partial charge in [0.05, 0.1) is 12.8 Å². The zero-order valence-corrected chi connectivity index (χ0v) is 13.8. The van der Waals surface area contributed by atoms with E-state index in [1.54, 1.807) is 29.4 Å². The molecule has 0 radical (unpaired) electrons. The highest BCUT2D eigenvalue weighted by Gasteiger charge is 2.22. The first-order valence-electron chi connectivity index (χ1n) is 8.01. The molecule has 1 aliphatic rings. The van der Waals surface area contributed by atoms with Gasteiger partial charge in [-0.1, -0.05) is 17.7 Å². The van der Waals surface area contributed by atoms with Gasteiger partial charge in [0, 0.05) is 11.3 Å². The summed E-state index contributed by atoms with van der Waals surface area (Å²) in [4.78, 5) is 14.8. The zero-order valence-electron chi connectivity index (χ0n) is 13.8. The van der Waals surface area contributed by atoms with Gasteiger partial charge >= 0.3 is 0 Å². The van der Waals surface area contributed by atoms with Gasteiger partial charge in [-0.15, -0.1) is 0 Å². The third-order valence-electron chi connectivity index (χ3n) is 4.10.